The van der Waals surface area contributed by atoms with E-state index in [0.29, 0.717) is 17.4 Å². The SMILES string of the molecule is CC(C)(CBr)CC1CCS(=O)(=O)C1. The molecular formula is C9H17BrO2S. The second kappa shape index (κ2) is 3.89. The standard InChI is InChI=1S/C9H17BrO2S/c1-9(2,7-10)5-8-3-4-13(11,12)6-8/h8H,3-7H2,1-2H3. The molecule has 2 nitrogen and oxygen atoms in total. The number of rotatable bonds is 3. The summed E-state index contributed by atoms with van der Waals surface area (Å²) in [5, 5.41) is 0.941. The Labute approximate surface area is 89.1 Å². The van der Waals surface area contributed by atoms with E-state index in [-0.39, 0.29) is 5.41 Å². The van der Waals surface area contributed by atoms with E-state index >= 15 is 0 Å². The molecule has 0 saturated carbocycles. The summed E-state index contributed by atoms with van der Waals surface area (Å²) < 4.78 is 22.4. The Kier molecular flexibility index (Phi) is 3.44. The zero-order chi connectivity index (χ0) is 10.1. The Balaban J connectivity index is 2.50. The van der Waals surface area contributed by atoms with Crippen LogP contribution in [0.2, 0.25) is 0 Å². The zero-order valence-corrected chi connectivity index (χ0v) is 10.6. The fourth-order valence-corrected chi connectivity index (χ4v) is 3.96. The predicted octanol–water partition coefficient (Wildman–Crippen LogP) is 2.23. The molecule has 0 N–H and O–H groups in total. The van der Waals surface area contributed by atoms with Crippen molar-refractivity contribution in [2.45, 2.75) is 26.7 Å². The molecule has 78 valence electrons. The van der Waals surface area contributed by atoms with Crippen LogP contribution in [0.15, 0.2) is 0 Å². The Morgan fingerprint density at radius 3 is 2.46 bits per heavy atom. The summed E-state index contributed by atoms with van der Waals surface area (Å²) in [6, 6.07) is 0. The molecule has 13 heavy (non-hydrogen) atoms. The molecule has 0 amide bonds. The number of hydrogen-bond donors (Lipinski definition) is 0. The summed E-state index contributed by atoms with van der Waals surface area (Å²) in [6.45, 7) is 4.35. The van der Waals surface area contributed by atoms with Crippen LogP contribution in [-0.4, -0.2) is 25.3 Å². The maximum Gasteiger partial charge on any atom is 0.150 e. The van der Waals surface area contributed by atoms with Gasteiger partial charge in [-0.1, -0.05) is 29.8 Å². The van der Waals surface area contributed by atoms with Gasteiger partial charge >= 0.3 is 0 Å². The molecule has 0 radical (unpaired) electrons. The summed E-state index contributed by atoms with van der Waals surface area (Å²) in [7, 11) is -2.69. The number of hydrogen-bond acceptors (Lipinski definition) is 2. The Morgan fingerprint density at radius 2 is 2.08 bits per heavy atom. The fraction of sp³-hybridized carbons (Fsp3) is 1.00. The largest absolute Gasteiger partial charge is 0.229 e. The minimum Gasteiger partial charge on any atom is -0.229 e. The van der Waals surface area contributed by atoms with Crippen LogP contribution in [0.25, 0.3) is 0 Å². The van der Waals surface area contributed by atoms with Crippen LogP contribution in [0, 0.1) is 11.3 Å². The summed E-state index contributed by atoms with van der Waals surface area (Å²) >= 11 is 3.46. The third-order valence-electron chi connectivity index (χ3n) is 2.53. The van der Waals surface area contributed by atoms with Crippen molar-refractivity contribution >= 4 is 25.8 Å². The summed E-state index contributed by atoms with van der Waals surface area (Å²) in [5.74, 6) is 1.19. The van der Waals surface area contributed by atoms with E-state index in [1.165, 1.54) is 0 Å². The van der Waals surface area contributed by atoms with Gasteiger partial charge in [-0.15, -0.1) is 0 Å². The van der Waals surface area contributed by atoms with Crippen LogP contribution in [0.1, 0.15) is 26.7 Å². The lowest BCUT2D eigenvalue weighted by molar-refractivity contribution is 0.320. The molecule has 1 unspecified atom stereocenters. The molecule has 4 heteroatoms. The highest BCUT2D eigenvalue weighted by molar-refractivity contribution is 9.09. The molecule has 0 aromatic rings. The van der Waals surface area contributed by atoms with Crippen molar-refractivity contribution in [1.82, 2.24) is 0 Å². The first kappa shape index (κ1) is 11.5. The molecule has 0 bridgehead atoms. The molecule has 1 rings (SSSR count). The Hall–Kier alpha value is 0.430. The van der Waals surface area contributed by atoms with Gasteiger partial charge < -0.3 is 0 Å². The Bertz CT molecular complexity index is 269. The van der Waals surface area contributed by atoms with Gasteiger partial charge in [-0.05, 0) is 24.2 Å². The molecule has 1 atom stereocenters. The van der Waals surface area contributed by atoms with Gasteiger partial charge in [-0.25, -0.2) is 8.42 Å². The van der Waals surface area contributed by atoms with Crippen LogP contribution in [0.4, 0.5) is 0 Å². The molecule has 1 aliphatic rings. The van der Waals surface area contributed by atoms with E-state index in [4.69, 9.17) is 0 Å². The molecule has 1 aliphatic heterocycles. The third kappa shape index (κ3) is 3.58. The first-order chi connectivity index (χ1) is 5.85. The number of halogens is 1. The van der Waals surface area contributed by atoms with Gasteiger partial charge in [0.1, 0.15) is 0 Å². The maximum atomic E-state index is 11.2. The van der Waals surface area contributed by atoms with E-state index in [2.05, 4.69) is 29.8 Å². The highest BCUT2D eigenvalue weighted by Crippen LogP contribution is 2.33. The summed E-state index contributed by atoms with van der Waals surface area (Å²) in [5.41, 5.74) is 0.227. The van der Waals surface area contributed by atoms with Crippen LogP contribution >= 0.6 is 15.9 Å². The highest BCUT2D eigenvalue weighted by Gasteiger charge is 2.31. The average molecular weight is 269 g/mol. The highest BCUT2D eigenvalue weighted by atomic mass is 79.9. The fourth-order valence-electron chi connectivity index (χ4n) is 1.87. The molecule has 1 heterocycles. The van der Waals surface area contributed by atoms with Gasteiger partial charge in [-0.2, -0.15) is 0 Å². The first-order valence-corrected chi connectivity index (χ1v) is 7.55. The zero-order valence-electron chi connectivity index (χ0n) is 8.22. The van der Waals surface area contributed by atoms with Gasteiger partial charge in [-0.3, -0.25) is 0 Å². The van der Waals surface area contributed by atoms with E-state index in [0.717, 1.165) is 18.2 Å². The monoisotopic (exact) mass is 268 g/mol. The molecule has 0 spiro atoms. The minimum atomic E-state index is -2.69. The van der Waals surface area contributed by atoms with Crippen molar-refractivity contribution in [2.75, 3.05) is 16.8 Å². The third-order valence-corrected chi connectivity index (χ3v) is 5.88. The van der Waals surface area contributed by atoms with Crippen LogP contribution in [0.5, 0.6) is 0 Å². The van der Waals surface area contributed by atoms with Crippen molar-refractivity contribution in [1.29, 1.82) is 0 Å². The second-order valence-electron chi connectivity index (χ2n) is 4.77. The normalized spacial score (nSPS) is 27.8. The quantitative estimate of drug-likeness (QED) is 0.736. The summed E-state index contributed by atoms with van der Waals surface area (Å²) in [4.78, 5) is 0. The predicted molar refractivity (Wildman–Crippen MR) is 59.0 cm³/mol. The van der Waals surface area contributed by atoms with Crippen LogP contribution in [-0.2, 0) is 9.84 Å². The van der Waals surface area contributed by atoms with Crippen LogP contribution < -0.4 is 0 Å². The van der Waals surface area contributed by atoms with E-state index < -0.39 is 9.84 Å². The average Bonchev–Trinajstić information content (AvgIpc) is 2.29. The lowest BCUT2D eigenvalue weighted by atomic mass is 9.84. The van der Waals surface area contributed by atoms with Crippen molar-refractivity contribution < 1.29 is 8.42 Å². The molecular weight excluding hydrogens is 252 g/mol. The van der Waals surface area contributed by atoms with Gasteiger partial charge in [0.05, 0.1) is 11.5 Å². The van der Waals surface area contributed by atoms with E-state index in [1.54, 1.807) is 0 Å². The molecule has 1 saturated heterocycles. The first-order valence-electron chi connectivity index (χ1n) is 4.61. The van der Waals surface area contributed by atoms with Gasteiger partial charge in [0.2, 0.25) is 0 Å². The Morgan fingerprint density at radius 1 is 1.46 bits per heavy atom. The van der Waals surface area contributed by atoms with Gasteiger partial charge in [0.25, 0.3) is 0 Å². The van der Waals surface area contributed by atoms with Gasteiger partial charge in [0, 0.05) is 5.33 Å². The second-order valence-corrected chi connectivity index (χ2v) is 7.56. The lowest BCUT2D eigenvalue weighted by Crippen LogP contribution is -2.19. The molecule has 0 aromatic heterocycles. The van der Waals surface area contributed by atoms with Crippen molar-refractivity contribution in [3.8, 4) is 0 Å². The minimum absolute atomic E-state index is 0.227. The van der Waals surface area contributed by atoms with Gasteiger partial charge in [0.15, 0.2) is 9.84 Å². The van der Waals surface area contributed by atoms with E-state index in [1.807, 2.05) is 0 Å². The number of alkyl halides is 1. The lowest BCUT2D eigenvalue weighted by Gasteiger charge is -2.24. The summed E-state index contributed by atoms with van der Waals surface area (Å²) in [6.07, 6.45) is 1.87. The van der Waals surface area contributed by atoms with Crippen molar-refractivity contribution in [3.05, 3.63) is 0 Å². The van der Waals surface area contributed by atoms with Crippen molar-refractivity contribution in [2.24, 2.45) is 11.3 Å². The molecule has 0 aliphatic carbocycles. The molecule has 1 fully saturated rings. The molecule has 0 aromatic carbocycles. The smallest absolute Gasteiger partial charge is 0.150 e. The maximum absolute atomic E-state index is 11.2. The topological polar surface area (TPSA) is 34.1 Å². The van der Waals surface area contributed by atoms with Crippen molar-refractivity contribution in [3.63, 3.8) is 0 Å². The number of sulfone groups is 1. The van der Waals surface area contributed by atoms with E-state index in [9.17, 15) is 8.42 Å². The van der Waals surface area contributed by atoms with Crippen LogP contribution in [0.3, 0.4) is 0 Å².